The number of hydrogen-bond acceptors (Lipinski definition) is 3. The van der Waals surface area contributed by atoms with Crippen LogP contribution in [0.2, 0.25) is 5.02 Å². The second-order valence-corrected chi connectivity index (χ2v) is 7.25. The standard InChI is InChI=1S/C15H19ClN2OS2/c1-10-7-11(2)14(12(16)8-10)17-13(19)9-21-15(20)18-5-3-4-6-18/h7-8H,3-6,9H2,1-2H3,(H,17,19). The van der Waals surface area contributed by atoms with Crippen LogP contribution in [-0.2, 0) is 4.79 Å². The summed E-state index contributed by atoms with van der Waals surface area (Å²) in [6, 6.07) is 3.86. The van der Waals surface area contributed by atoms with Crippen molar-refractivity contribution in [2.24, 2.45) is 0 Å². The molecule has 1 saturated heterocycles. The number of aryl methyl sites for hydroxylation is 2. The van der Waals surface area contributed by atoms with Crippen LogP contribution >= 0.6 is 35.6 Å². The van der Waals surface area contributed by atoms with Crippen LogP contribution in [-0.4, -0.2) is 34.0 Å². The van der Waals surface area contributed by atoms with Gasteiger partial charge in [-0.1, -0.05) is 41.6 Å². The molecular formula is C15H19ClN2OS2. The summed E-state index contributed by atoms with van der Waals surface area (Å²) >= 11 is 13.0. The van der Waals surface area contributed by atoms with Gasteiger partial charge in [-0.2, -0.15) is 0 Å². The summed E-state index contributed by atoms with van der Waals surface area (Å²) in [4.78, 5) is 14.2. The number of halogens is 1. The highest BCUT2D eigenvalue weighted by molar-refractivity contribution is 8.23. The highest BCUT2D eigenvalue weighted by atomic mass is 35.5. The number of rotatable bonds is 3. The topological polar surface area (TPSA) is 32.3 Å². The van der Waals surface area contributed by atoms with Crippen molar-refractivity contribution in [2.45, 2.75) is 26.7 Å². The van der Waals surface area contributed by atoms with Crippen LogP contribution in [0, 0.1) is 13.8 Å². The van der Waals surface area contributed by atoms with E-state index in [1.54, 1.807) is 0 Å². The zero-order valence-electron chi connectivity index (χ0n) is 12.2. The normalized spacial score (nSPS) is 14.3. The molecule has 1 heterocycles. The number of thiocarbonyl (C=S) groups is 1. The van der Waals surface area contributed by atoms with Gasteiger partial charge in [-0.05, 0) is 43.9 Å². The van der Waals surface area contributed by atoms with Gasteiger partial charge < -0.3 is 10.2 Å². The molecule has 0 bridgehead atoms. The molecule has 1 N–H and O–H groups in total. The molecule has 0 spiro atoms. The van der Waals surface area contributed by atoms with E-state index >= 15 is 0 Å². The molecule has 1 amide bonds. The van der Waals surface area contributed by atoms with E-state index in [0.717, 1.165) is 28.5 Å². The number of benzene rings is 1. The van der Waals surface area contributed by atoms with E-state index in [-0.39, 0.29) is 5.91 Å². The molecule has 1 aliphatic heterocycles. The zero-order chi connectivity index (χ0) is 15.4. The van der Waals surface area contributed by atoms with Crippen molar-refractivity contribution in [1.82, 2.24) is 4.90 Å². The predicted molar refractivity (Wildman–Crippen MR) is 95.4 cm³/mol. The van der Waals surface area contributed by atoms with Gasteiger partial charge >= 0.3 is 0 Å². The Morgan fingerprint density at radius 3 is 2.67 bits per heavy atom. The van der Waals surface area contributed by atoms with E-state index in [1.807, 2.05) is 26.0 Å². The Labute approximate surface area is 140 Å². The Bertz CT molecular complexity index is 534. The lowest BCUT2D eigenvalue weighted by atomic mass is 10.1. The van der Waals surface area contributed by atoms with Gasteiger partial charge in [0.25, 0.3) is 0 Å². The number of thioether (sulfide) groups is 1. The van der Waals surface area contributed by atoms with E-state index < -0.39 is 0 Å². The highest BCUT2D eigenvalue weighted by Gasteiger charge is 2.17. The van der Waals surface area contributed by atoms with Gasteiger partial charge in [-0.25, -0.2) is 0 Å². The molecule has 0 atom stereocenters. The maximum absolute atomic E-state index is 12.1. The summed E-state index contributed by atoms with van der Waals surface area (Å²) < 4.78 is 0.814. The summed E-state index contributed by atoms with van der Waals surface area (Å²) in [5, 5.41) is 3.46. The van der Waals surface area contributed by atoms with Gasteiger partial charge in [0.2, 0.25) is 5.91 Å². The van der Waals surface area contributed by atoms with Crippen LogP contribution in [0.25, 0.3) is 0 Å². The zero-order valence-corrected chi connectivity index (χ0v) is 14.6. The summed E-state index contributed by atoms with van der Waals surface area (Å²) in [5.74, 6) is 0.245. The average molecular weight is 343 g/mol. The number of carbonyl (C=O) groups is 1. The third-order valence-corrected chi connectivity index (χ3v) is 5.21. The van der Waals surface area contributed by atoms with Gasteiger partial charge in [0.1, 0.15) is 4.32 Å². The fourth-order valence-corrected chi connectivity index (χ4v) is 3.79. The summed E-state index contributed by atoms with van der Waals surface area (Å²) in [6.45, 7) is 5.94. The number of nitrogens with one attached hydrogen (secondary N) is 1. The third kappa shape index (κ3) is 4.59. The van der Waals surface area contributed by atoms with E-state index in [1.165, 1.54) is 24.6 Å². The number of nitrogens with zero attached hydrogens (tertiary/aromatic N) is 1. The largest absolute Gasteiger partial charge is 0.358 e. The van der Waals surface area contributed by atoms with Crippen molar-refractivity contribution in [2.75, 3.05) is 24.2 Å². The minimum absolute atomic E-state index is 0.0737. The van der Waals surface area contributed by atoms with Crippen LogP contribution < -0.4 is 5.32 Å². The molecule has 0 aliphatic carbocycles. The third-order valence-electron chi connectivity index (χ3n) is 3.39. The molecule has 0 aromatic heterocycles. The molecule has 2 rings (SSSR count). The van der Waals surface area contributed by atoms with Gasteiger partial charge in [0.05, 0.1) is 16.5 Å². The lowest BCUT2D eigenvalue weighted by Crippen LogP contribution is -2.25. The number of anilines is 1. The Morgan fingerprint density at radius 1 is 1.38 bits per heavy atom. The lowest BCUT2D eigenvalue weighted by molar-refractivity contribution is -0.113. The fraction of sp³-hybridized carbons (Fsp3) is 0.467. The maximum atomic E-state index is 12.1. The van der Waals surface area contributed by atoms with Crippen LogP contribution in [0.15, 0.2) is 12.1 Å². The first-order valence-electron chi connectivity index (χ1n) is 6.95. The van der Waals surface area contributed by atoms with Crippen molar-refractivity contribution in [3.8, 4) is 0 Å². The first-order valence-corrected chi connectivity index (χ1v) is 8.73. The lowest BCUT2D eigenvalue weighted by Gasteiger charge is -2.17. The molecule has 6 heteroatoms. The summed E-state index contributed by atoms with van der Waals surface area (Å²) in [6.07, 6.45) is 2.37. The van der Waals surface area contributed by atoms with Crippen molar-refractivity contribution in [3.63, 3.8) is 0 Å². The molecule has 0 radical (unpaired) electrons. The van der Waals surface area contributed by atoms with Gasteiger partial charge in [-0.3, -0.25) is 4.79 Å². The first kappa shape index (κ1) is 16.6. The van der Waals surface area contributed by atoms with E-state index in [2.05, 4.69) is 10.2 Å². The maximum Gasteiger partial charge on any atom is 0.234 e. The SMILES string of the molecule is Cc1cc(C)c(NC(=O)CSC(=S)N2CCCC2)c(Cl)c1. The highest BCUT2D eigenvalue weighted by Crippen LogP contribution is 2.27. The number of likely N-dealkylation sites (tertiary alicyclic amines) is 1. The van der Waals surface area contributed by atoms with Crippen LogP contribution in [0.1, 0.15) is 24.0 Å². The van der Waals surface area contributed by atoms with Crippen molar-refractivity contribution in [3.05, 3.63) is 28.3 Å². The minimum Gasteiger partial charge on any atom is -0.358 e. The molecule has 1 fully saturated rings. The number of carbonyl (C=O) groups excluding carboxylic acids is 1. The molecule has 1 aliphatic rings. The fourth-order valence-electron chi connectivity index (χ4n) is 2.37. The molecule has 114 valence electrons. The molecule has 0 saturated carbocycles. The smallest absolute Gasteiger partial charge is 0.234 e. The van der Waals surface area contributed by atoms with Gasteiger partial charge in [-0.15, -0.1) is 0 Å². The Kier molecular flexibility index (Phi) is 5.90. The van der Waals surface area contributed by atoms with Crippen molar-refractivity contribution >= 4 is 51.5 Å². The van der Waals surface area contributed by atoms with Gasteiger partial charge in [0.15, 0.2) is 0 Å². The van der Waals surface area contributed by atoms with E-state index in [4.69, 9.17) is 23.8 Å². The molecule has 21 heavy (non-hydrogen) atoms. The summed E-state index contributed by atoms with van der Waals surface area (Å²) in [5.41, 5.74) is 2.75. The molecular weight excluding hydrogens is 324 g/mol. The van der Waals surface area contributed by atoms with Crippen molar-refractivity contribution in [1.29, 1.82) is 0 Å². The van der Waals surface area contributed by atoms with Gasteiger partial charge in [0, 0.05) is 13.1 Å². The van der Waals surface area contributed by atoms with Crippen LogP contribution in [0.3, 0.4) is 0 Å². The first-order chi connectivity index (χ1) is 9.97. The Balaban J connectivity index is 1.88. The predicted octanol–water partition coefficient (Wildman–Crippen LogP) is 4.01. The molecule has 3 nitrogen and oxygen atoms in total. The Morgan fingerprint density at radius 2 is 2.05 bits per heavy atom. The number of hydrogen-bond donors (Lipinski definition) is 1. The minimum atomic E-state index is -0.0737. The van der Waals surface area contributed by atoms with E-state index in [0.29, 0.717) is 16.5 Å². The van der Waals surface area contributed by atoms with Crippen LogP contribution in [0.5, 0.6) is 0 Å². The molecule has 0 unspecified atom stereocenters. The molecule has 1 aromatic carbocycles. The molecule has 1 aromatic rings. The van der Waals surface area contributed by atoms with Crippen molar-refractivity contribution < 1.29 is 4.79 Å². The second-order valence-electron chi connectivity index (χ2n) is 5.24. The monoisotopic (exact) mass is 342 g/mol. The second kappa shape index (κ2) is 7.47. The van der Waals surface area contributed by atoms with Crippen LogP contribution in [0.4, 0.5) is 5.69 Å². The average Bonchev–Trinajstić information content (AvgIpc) is 2.94. The summed E-state index contributed by atoms with van der Waals surface area (Å²) in [7, 11) is 0. The van der Waals surface area contributed by atoms with E-state index in [9.17, 15) is 4.79 Å². The Hall–Kier alpha value is -0.780. The quantitative estimate of drug-likeness (QED) is 0.841. The number of amides is 1.